The van der Waals surface area contributed by atoms with E-state index in [0.29, 0.717) is 18.7 Å². The van der Waals surface area contributed by atoms with Gasteiger partial charge in [0.2, 0.25) is 0 Å². The van der Waals surface area contributed by atoms with Crippen molar-refractivity contribution in [2.45, 2.75) is 31.1 Å². The van der Waals surface area contributed by atoms with Gasteiger partial charge in [-0.15, -0.1) is 0 Å². The Hall–Kier alpha value is -0.910. The summed E-state index contributed by atoms with van der Waals surface area (Å²) < 4.78 is 11.1. The van der Waals surface area contributed by atoms with Crippen LogP contribution in [0.3, 0.4) is 0 Å². The van der Waals surface area contributed by atoms with Crippen LogP contribution in [0.1, 0.15) is 29.8 Å². The van der Waals surface area contributed by atoms with Crippen molar-refractivity contribution < 1.29 is 14.3 Å². The number of carbonyl (C=O) groups is 1. The number of alkyl halides is 1. The molecule has 5 heteroatoms. The molecular formula is C14H18BrNO3. The smallest absolute Gasteiger partial charge is 0.251 e. The minimum Gasteiger partial charge on any atom is -0.349 e. The van der Waals surface area contributed by atoms with E-state index in [1.807, 2.05) is 38.1 Å². The van der Waals surface area contributed by atoms with E-state index in [1.165, 1.54) is 0 Å². The van der Waals surface area contributed by atoms with Crippen LogP contribution >= 0.6 is 15.9 Å². The van der Waals surface area contributed by atoms with E-state index in [9.17, 15) is 4.79 Å². The summed E-state index contributed by atoms with van der Waals surface area (Å²) in [6.45, 7) is 4.71. The van der Waals surface area contributed by atoms with E-state index < -0.39 is 5.79 Å². The lowest BCUT2D eigenvalue weighted by molar-refractivity contribution is -0.137. The summed E-state index contributed by atoms with van der Waals surface area (Å²) in [4.78, 5) is 11.9. The predicted octanol–water partition coefficient (Wildman–Crippen LogP) is 2.46. The summed E-state index contributed by atoms with van der Waals surface area (Å²) in [5, 5.41) is 3.65. The van der Waals surface area contributed by atoms with Gasteiger partial charge in [-0.05, 0) is 31.5 Å². The van der Waals surface area contributed by atoms with Crippen LogP contribution in [0.15, 0.2) is 24.3 Å². The van der Waals surface area contributed by atoms with Crippen LogP contribution < -0.4 is 5.32 Å². The number of nitrogens with one attached hydrogen (secondary N) is 1. The highest BCUT2D eigenvalue weighted by atomic mass is 79.9. The van der Waals surface area contributed by atoms with E-state index in [1.54, 1.807) is 0 Å². The first-order valence-corrected chi connectivity index (χ1v) is 7.37. The van der Waals surface area contributed by atoms with Gasteiger partial charge in [-0.1, -0.05) is 28.1 Å². The average molecular weight is 328 g/mol. The third-order valence-electron chi connectivity index (χ3n) is 2.93. The number of hydrogen-bond acceptors (Lipinski definition) is 3. The molecule has 1 amide bonds. The topological polar surface area (TPSA) is 47.6 Å². The molecule has 0 radical (unpaired) electrons. The van der Waals surface area contributed by atoms with Gasteiger partial charge in [0.15, 0.2) is 5.79 Å². The molecule has 0 aliphatic carbocycles. The molecule has 1 aromatic carbocycles. The molecular weight excluding hydrogens is 310 g/mol. The normalized spacial score (nSPS) is 21.3. The van der Waals surface area contributed by atoms with Crippen LogP contribution in [0.5, 0.6) is 0 Å². The zero-order valence-electron chi connectivity index (χ0n) is 11.1. The molecule has 0 bridgehead atoms. The zero-order chi connectivity index (χ0) is 13.9. The van der Waals surface area contributed by atoms with Crippen LogP contribution in [0, 0.1) is 0 Å². The summed E-state index contributed by atoms with van der Waals surface area (Å²) in [6, 6.07) is 7.51. The molecule has 0 aromatic heterocycles. The van der Waals surface area contributed by atoms with Crippen molar-refractivity contribution in [3.05, 3.63) is 35.4 Å². The molecule has 0 saturated carbocycles. The molecule has 104 valence electrons. The quantitative estimate of drug-likeness (QED) is 0.864. The van der Waals surface area contributed by atoms with E-state index in [0.717, 1.165) is 10.9 Å². The molecule has 0 spiro atoms. The predicted molar refractivity (Wildman–Crippen MR) is 76.3 cm³/mol. The number of amides is 1. The fourth-order valence-corrected chi connectivity index (χ4v) is 2.29. The van der Waals surface area contributed by atoms with Gasteiger partial charge >= 0.3 is 0 Å². The fraction of sp³-hybridized carbons (Fsp3) is 0.500. The third-order valence-corrected chi connectivity index (χ3v) is 3.58. The summed E-state index contributed by atoms with van der Waals surface area (Å²) in [5.41, 5.74) is 1.80. The maximum Gasteiger partial charge on any atom is 0.251 e. The monoisotopic (exact) mass is 327 g/mol. The maximum absolute atomic E-state index is 11.9. The third kappa shape index (κ3) is 4.03. The second-order valence-electron chi connectivity index (χ2n) is 4.99. The van der Waals surface area contributed by atoms with Crippen molar-refractivity contribution in [3.8, 4) is 0 Å². The van der Waals surface area contributed by atoms with Gasteiger partial charge in [0.25, 0.3) is 5.91 Å². The Morgan fingerprint density at radius 2 is 2.11 bits per heavy atom. The van der Waals surface area contributed by atoms with Gasteiger partial charge < -0.3 is 14.8 Å². The SMILES string of the molecule is CC1(C)OCC(CNC(=O)c2ccc(CBr)cc2)O1. The summed E-state index contributed by atoms with van der Waals surface area (Å²) >= 11 is 3.37. The Labute approximate surface area is 121 Å². The second kappa shape index (κ2) is 6.03. The van der Waals surface area contributed by atoms with Gasteiger partial charge in [0.05, 0.1) is 6.61 Å². The maximum atomic E-state index is 11.9. The summed E-state index contributed by atoms with van der Waals surface area (Å²) in [6.07, 6.45) is -0.0826. The minimum absolute atomic E-state index is 0.0826. The Morgan fingerprint density at radius 1 is 1.42 bits per heavy atom. The van der Waals surface area contributed by atoms with Crippen LogP contribution in [-0.2, 0) is 14.8 Å². The molecule has 1 unspecified atom stereocenters. The largest absolute Gasteiger partial charge is 0.349 e. The lowest BCUT2D eigenvalue weighted by Gasteiger charge is -2.17. The fourth-order valence-electron chi connectivity index (χ4n) is 1.92. The Kier molecular flexibility index (Phi) is 4.60. The van der Waals surface area contributed by atoms with Gasteiger partial charge in [-0.3, -0.25) is 4.79 Å². The van der Waals surface area contributed by atoms with Crippen molar-refractivity contribution >= 4 is 21.8 Å². The van der Waals surface area contributed by atoms with Gasteiger partial charge in [-0.25, -0.2) is 0 Å². The first-order valence-electron chi connectivity index (χ1n) is 6.25. The Bertz CT molecular complexity index is 445. The molecule has 1 N–H and O–H groups in total. The Balaban J connectivity index is 1.84. The summed E-state index contributed by atoms with van der Waals surface area (Å²) in [5.74, 6) is -0.637. The van der Waals surface area contributed by atoms with Crippen molar-refractivity contribution in [2.24, 2.45) is 0 Å². The van der Waals surface area contributed by atoms with E-state index in [-0.39, 0.29) is 12.0 Å². The van der Waals surface area contributed by atoms with Crippen molar-refractivity contribution in [2.75, 3.05) is 13.2 Å². The molecule has 1 saturated heterocycles. The average Bonchev–Trinajstić information content (AvgIpc) is 2.76. The van der Waals surface area contributed by atoms with Crippen molar-refractivity contribution in [1.29, 1.82) is 0 Å². The van der Waals surface area contributed by atoms with Crippen LogP contribution in [0.2, 0.25) is 0 Å². The molecule has 2 rings (SSSR count). The molecule has 1 aliphatic heterocycles. The van der Waals surface area contributed by atoms with Gasteiger partial charge in [0, 0.05) is 17.4 Å². The number of rotatable bonds is 4. The van der Waals surface area contributed by atoms with Crippen molar-refractivity contribution in [3.63, 3.8) is 0 Å². The number of ether oxygens (including phenoxy) is 2. The lowest BCUT2D eigenvalue weighted by atomic mass is 10.1. The summed E-state index contributed by atoms with van der Waals surface area (Å²) in [7, 11) is 0. The molecule has 1 aliphatic rings. The molecule has 4 nitrogen and oxygen atoms in total. The Morgan fingerprint density at radius 3 is 2.63 bits per heavy atom. The van der Waals surface area contributed by atoms with Crippen LogP contribution in [-0.4, -0.2) is 30.9 Å². The van der Waals surface area contributed by atoms with E-state index >= 15 is 0 Å². The molecule has 1 heterocycles. The first kappa shape index (κ1) is 14.5. The van der Waals surface area contributed by atoms with E-state index in [2.05, 4.69) is 21.2 Å². The molecule has 1 fully saturated rings. The highest BCUT2D eigenvalue weighted by molar-refractivity contribution is 9.08. The van der Waals surface area contributed by atoms with Gasteiger partial charge in [0.1, 0.15) is 6.10 Å². The first-order chi connectivity index (χ1) is 9.00. The number of benzene rings is 1. The van der Waals surface area contributed by atoms with Crippen molar-refractivity contribution in [1.82, 2.24) is 5.32 Å². The second-order valence-corrected chi connectivity index (χ2v) is 5.55. The highest BCUT2D eigenvalue weighted by Crippen LogP contribution is 2.21. The minimum atomic E-state index is -0.549. The highest BCUT2D eigenvalue weighted by Gasteiger charge is 2.32. The standard InChI is InChI=1S/C14H18BrNO3/c1-14(2)18-9-12(19-14)8-16-13(17)11-5-3-10(7-15)4-6-11/h3-6,12H,7-9H2,1-2H3,(H,16,17). The van der Waals surface area contributed by atoms with Crippen LogP contribution in [0.4, 0.5) is 0 Å². The van der Waals surface area contributed by atoms with Gasteiger partial charge in [-0.2, -0.15) is 0 Å². The lowest BCUT2D eigenvalue weighted by Crippen LogP contribution is -2.34. The number of halogens is 1. The molecule has 1 atom stereocenters. The molecule has 19 heavy (non-hydrogen) atoms. The zero-order valence-corrected chi connectivity index (χ0v) is 12.7. The van der Waals surface area contributed by atoms with Crippen LogP contribution in [0.25, 0.3) is 0 Å². The van der Waals surface area contributed by atoms with E-state index in [4.69, 9.17) is 9.47 Å². The molecule has 1 aromatic rings. The number of carbonyl (C=O) groups excluding carboxylic acids is 1. The number of hydrogen-bond donors (Lipinski definition) is 1.